The average Bonchev–Trinajstić information content (AvgIpc) is 2.53. The van der Waals surface area contributed by atoms with Crippen LogP contribution in [-0.2, 0) is 4.79 Å². The highest BCUT2D eigenvalue weighted by Gasteiger charge is 2.63. The maximum Gasteiger partial charge on any atom is 0.329 e. The van der Waals surface area contributed by atoms with Gasteiger partial charge in [-0.15, -0.1) is 0 Å². The normalized spacial score (nSPS) is 36.7. The molecule has 0 aromatic heterocycles. The summed E-state index contributed by atoms with van der Waals surface area (Å²) in [4.78, 5) is 31.9. The zero-order chi connectivity index (χ0) is 14.8. The molecule has 2 atom stereocenters. The van der Waals surface area contributed by atoms with Gasteiger partial charge < -0.3 is 4.90 Å². The van der Waals surface area contributed by atoms with Crippen molar-refractivity contribution in [1.29, 1.82) is 0 Å². The molecule has 0 radical (unpaired) electrons. The van der Waals surface area contributed by atoms with Crippen LogP contribution >= 0.6 is 0 Å². The highest BCUT2D eigenvalue weighted by atomic mass is 16.2. The summed E-state index contributed by atoms with van der Waals surface area (Å²) in [6, 6.07) is -0.363. The second-order valence-electron chi connectivity index (χ2n) is 6.04. The van der Waals surface area contributed by atoms with E-state index in [1.807, 2.05) is 30.5 Å². The fourth-order valence-corrected chi connectivity index (χ4v) is 3.46. The number of urea groups is 1. The van der Waals surface area contributed by atoms with Crippen LogP contribution < -0.4 is 5.32 Å². The maximum absolute atomic E-state index is 12.1. The Balaban J connectivity index is 1.76. The number of allylic oxidation sites excluding steroid dienone is 2. The molecule has 1 fully saturated rings. The molecule has 0 aromatic carbocycles. The summed E-state index contributed by atoms with van der Waals surface area (Å²) >= 11 is 0. The Morgan fingerprint density at radius 2 is 2.10 bits per heavy atom. The third kappa shape index (κ3) is 1.34. The Bertz CT molecular complexity index is 690. The van der Waals surface area contributed by atoms with Crippen molar-refractivity contribution in [2.45, 2.75) is 31.3 Å². The number of rotatable bonds is 1. The minimum atomic E-state index is -0.363. The molecule has 21 heavy (non-hydrogen) atoms. The van der Waals surface area contributed by atoms with Gasteiger partial charge >= 0.3 is 6.03 Å². The molecule has 0 spiro atoms. The first-order valence-electron chi connectivity index (χ1n) is 7.04. The predicted molar refractivity (Wildman–Crippen MR) is 77.3 cm³/mol. The van der Waals surface area contributed by atoms with Gasteiger partial charge in [0.05, 0.1) is 5.71 Å². The Kier molecular flexibility index (Phi) is 2.14. The standard InChI is InChI=1S/C15H16N4O2/c1-14-9-12(18-8-6-11(20)16-13(18)21)19-7-4-3-5-10(17-14)15(14,19)2/h3-5,7,9H,6,8H2,1-2H3,(H,16,20,21). The molecule has 3 amide bonds. The van der Waals surface area contributed by atoms with Crippen molar-refractivity contribution in [2.24, 2.45) is 4.99 Å². The topological polar surface area (TPSA) is 65.0 Å². The second kappa shape index (κ2) is 3.63. The quantitative estimate of drug-likeness (QED) is 0.785. The van der Waals surface area contributed by atoms with Crippen LogP contribution in [0.25, 0.3) is 0 Å². The van der Waals surface area contributed by atoms with Crippen LogP contribution in [0.2, 0.25) is 0 Å². The van der Waals surface area contributed by atoms with Crippen LogP contribution in [-0.4, -0.2) is 45.1 Å². The van der Waals surface area contributed by atoms with E-state index in [0.29, 0.717) is 13.0 Å². The van der Waals surface area contributed by atoms with E-state index in [0.717, 1.165) is 11.5 Å². The summed E-state index contributed by atoms with van der Waals surface area (Å²) in [5.41, 5.74) is 0.390. The predicted octanol–water partition coefficient (Wildman–Crippen LogP) is 1.14. The Hall–Kier alpha value is -2.37. The molecule has 1 N–H and O–H groups in total. The molecule has 108 valence electrons. The summed E-state index contributed by atoms with van der Waals surface area (Å²) in [7, 11) is 0. The van der Waals surface area contributed by atoms with Gasteiger partial charge in [0, 0.05) is 19.2 Å². The number of nitrogens with one attached hydrogen (secondary N) is 1. The molecule has 4 aliphatic rings. The Morgan fingerprint density at radius 3 is 2.86 bits per heavy atom. The molecule has 4 heterocycles. The molecular formula is C15H16N4O2. The minimum absolute atomic E-state index is 0.222. The lowest BCUT2D eigenvalue weighted by molar-refractivity contribution is -0.121. The fraction of sp³-hybridized carbons (Fsp3) is 0.400. The Morgan fingerprint density at radius 1 is 1.29 bits per heavy atom. The highest BCUT2D eigenvalue weighted by Crippen LogP contribution is 2.51. The van der Waals surface area contributed by atoms with Crippen LogP contribution in [0.15, 0.2) is 41.3 Å². The van der Waals surface area contributed by atoms with Gasteiger partial charge in [0.15, 0.2) is 0 Å². The van der Waals surface area contributed by atoms with E-state index in [1.165, 1.54) is 0 Å². The minimum Gasteiger partial charge on any atom is -0.320 e. The molecule has 2 unspecified atom stereocenters. The summed E-state index contributed by atoms with van der Waals surface area (Å²) < 4.78 is 0. The first-order chi connectivity index (χ1) is 9.96. The molecule has 4 aliphatic heterocycles. The fourth-order valence-electron chi connectivity index (χ4n) is 3.46. The molecule has 6 nitrogen and oxygen atoms in total. The molecule has 0 bridgehead atoms. The molecule has 6 heteroatoms. The number of hydrogen-bond acceptors (Lipinski definition) is 4. The zero-order valence-electron chi connectivity index (χ0n) is 12.0. The lowest BCUT2D eigenvalue weighted by Gasteiger charge is -2.51. The number of imide groups is 1. The molecular weight excluding hydrogens is 268 g/mol. The summed E-state index contributed by atoms with van der Waals surface area (Å²) in [5.74, 6) is 0.573. The van der Waals surface area contributed by atoms with E-state index in [9.17, 15) is 9.59 Å². The number of aliphatic imine (C=N–C) groups is 1. The number of amides is 3. The van der Waals surface area contributed by atoms with Gasteiger partial charge in [-0.25, -0.2) is 4.79 Å². The van der Waals surface area contributed by atoms with Crippen molar-refractivity contribution in [3.63, 3.8) is 0 Å². The van der Waals surface area contributed by atoms with Crippen molar-refractivity contribution < 1.29 is 9.59 Å². The summed E-state index contributed by atoms with van der Waals surface area (Å²) in [6.07, 6.45) is 10.2. The van der Waals surface area contributed by atoms with Gasteiger partial charge in [0.1, 0.15) is 16.9 Å². The van der Waals surface area contributed by atoms with E-state index < -0.39 is 0 Å². The SMILES string of the molecule is CC12C=C(N3CCC(=O)NC3=O)N3C=CC=CC(=N1)C32C. The van der Waals surface area contributed by atoms with Crippen molar-refractivity contribution in [3.8, 4) is 0 Å². The molecule has 0 aromatic rings. The number of hydrogen-bond donors (Lipinski definition) is 1. The molecule has 0 aliphatic carbocycles. The first-order valence-corrected chi connectivity index (χ1v) is 7.04. The van der Waals surface area contributed by atoms with Gasteiger partial charge in [0.2, 0.25) is 5.91 Å². The largest absolute Gasteiger partial charge is 0.329 e. The first kappa shape index (κ1) is 12.4. The third-order valence-electron chi connectivity index (χ3n) is 4.91. The number of carbonyl (C=O) groups excluding carboxylic acids is 2. The molecule has 4 rings (SSSR count). The van der Waals surface area contributed by atoms with Gasteiger partial charge in [-0.3, -0.25) is 20.0 Å². The van der Waals surface area contributed by atoms with Gasteiger partial charge in [-0.1, -0.05) is 6.08 Å². The highest BCUT2D eigenvalue weighted by molar-refractivity contribution is 6.10. The van der Waals surface area contributed by atoms with Gasteiger partial charge in [0.25, 0.3) is 0 Å². The summed E-state index contributed by atoms with van der Waals surface area (Å²) in [6.45, 7) is 4.60. The summed E-state index contributed by atoms with van der Waals surface area (Å²) in [5, 5.41) is 2.37. The lowest BCUT2D eigenvalue weighted by Crippen LogP contribution is -2.65. The third-order valence-corrected chi connectivity index (χ3v) is 4.91. The number of carbonyl (C=O) groups is 2. The van der Waals surface area contributed by atoms with Crippen LogP contribution in [0.3, 0.4) is 0 Å². The van der Waals surface area contributed by atoms with E-state index in [-0.39, 0.29) is 23.0 Å². The van der Waals surface area contributed by atoms with Crippen LogP contribution in [0, 0.1) is 0 Å². The molecule has 0 saturated carbocycles. The Labute approximate surface area is 122 Å². The van der Waals surface area contributed by atoms with Crippen molar-refractivity contribution in [1.82, 2.24) is 15.1 Å². The van der Waals surface area contributed by atoms with Gasteiger partial charge in [-0.05, 0) is 32.1 Å². The lowest BCUT2D eigenvalue weighted by atomic mass is 9.71. The van der Waals surface area contributed by atoms with Crippen molar-refractivity contribution >= 4 is 17.6 Å². The van der Waals surface area contributed by atoms with E-state index in [1.54, 1.807) is 4.90 Å². The smallest absolute Gasteiger partial charge is 0.320 e. The second-order valence-corrected chi connectivity index (χ2v) is 6.04. The zero-order valence-corrected chi connectivity index (χ0v) is 12.0. The maximum atomic E-state index is 12.1. The van der Waals surface area contributed by atoms with Crippen molar-refractivity contribution in [3.05, 3.63) is 36.3 Å². The van der Waals surface area contributed by atoms with Crippen LogP contribution in [0.5, 0.6) is 0 Å². The number of nitrogens with zero attached hydrogens (tertiary/aromatic N) is 3. The van der Waals surface area contributed by atoms with Gasteiger partial charge in [-0.2, -0.15) is 0 Å². The monoisotopic (exact) mass is 284 g/mol. The molecule has 1 saturated heterocycles. The van der Waals surface area contributed by atoms with E-state index in [2.05, 4.69) is 24.1 Å². The van der Waals surface area contributed by atoms with Crippen LogP contribution in [0.4, 0.5) is 4.79 Å². The van der Waals surface area contributed by atoms with Crippen molar-refractivity contribution in [2.75, 3.05) is 6.54 Å². The van der Waals surface area contributed by atoms with Crippen LogP contribution in [0.1, 0.15) is 20.3 Å². The van der Waals surface area contributed by atoms with E-state index in [4.69, 9.17) is 4.99 Å². The van der Waals surface area contributed by atoms with E-state index >= 15 is 0 Å². The average molecular weight is 284 g/mol.